The van der Waals surface area contributed by atoms with E-state index in [1.165, 1.54) is 11.3 Å². The molecule has 0 atom stereocenters. The minimum atomic E-state index is 0.0307. The molecule has 0 bridgehead atoms. The summed E-state index contributed by atoms with van der Waals surface area (Å²) >= 11 is 9.88. The molecule has 3 aromatic heterocycles. The lowest BCUT2D eigenvalue weighted by Crippen LogP contribution is -2.44. The van der Waals surface area contributed by atoms with Crippen LogP contribution in [0.1, 0.15) is 40.2 Å². The summed E-state index contributed by atoms with van der Waals surface area (Å²) < 4.78 is 1.05. The smallest absolute Gasteiger partial charge is 0.266 e. The van der Waals surface area contributed by atoms with Crippen LogP contribution < -0.4 is 11.1 Å². The number of hydrogen-bond acceptors (Lipinski definition) is 6. The fourth-order valence-corrected chi connectivity index (χ4v) is 7.04. The predicted octanol–water partition coefficient (Wildman–Crippen LogP) is 6.43. The summed E-state index contributed by atoms with van der Waals surface area (Å²) in [6, 6.07) is 14.6. The van der Waals surface area contributed by atoms with Crippen molar-refractivity contribution in [1.29, 1.82) is 0 Å². The van der Waals surface area contributed by atoms with E-state index >= 15 is 0 Å². The van der Waals surface area contributed by atoms with E-state index in [1.54, 1.807) is 17.5 Å². The van der Waals surface area contributed by atoms with Gasteiger partial charge >= 0.3 is 0 Å². The Morgan fingerprint density at radius 2 is 1.97 bits per heavy atom. The first-order valence-electron chi connectivity index (χ1n) is 11.5. The molecule has 0 spiro atoms. The van der Waals surface area contributed by atoms with Crippen molar-refractivity contribution in [2.45, 2.75) is 44.3 Å². The molecule has 3 heterocycles. The highest BCUT2D eigenvalue weighted by atomic mass is 35.5. The number of fused-ring (bicyclic) bond motifs is 1. The van der Waals surface area contributed by atoms with Crippen molar-refractivity contribution in [2.75, 3.05) is 12.8 Å². The highest BCUT2D eigenvalue weighted by molar-refractivity contribution is 7.21. The van der Waals surface area contributed by atoms with Gasteiger partial charge < -0.3 is 16.0 Å². The van der Waals surface area contributed by atoms with E-state index in [4.69, 9.17) is 17.3 Å². The van der Waals surface area contributed by atoms with Crippen molar-refractivity contribution in [2.24, 2.45) is 0 Å². The number of halogens is 1. The van der Waals surface area contributed by atoms with Gasteiger partial charge in [-0.3, -0.25) is 4.79 Å². The second-order valence-corrected chi connectivity index (χ2v) is 11.2. The van der Waals surface area contributed by atoms with Gasteiger partial charge in [-0.1, -0.05) is 29.8 Å². The number of carbonyl (C=O) groups is 1. The topological polar surface area (TPSA) is 71.2 Å². The molecule has 8 heteroatoms. The molecule has 4 aromatic rings. The Morgan fingerprint density at radius 1 is 1.18 bits per heavy atom. The Kier molecular flexibility index (Phi) is 6.88. The zero-order valence-corrected chi connectivity index (χ0v) is 21.3. The molecule has 1 saturated carbocycles. The maximum absolute atomic E-state index is 13.9. The van der Waals surface area contributed by atoms with Gasteiger partial charge in [0.05, 0.1) is 11.6 Å². The Hall–Kier alpha value is -2.45. The van der Waals surface area contributed by atoms with Crippen molar-refractivity contribution in [3.8, 4) is 11.1 Å². The van der Waals surface area contributed by atoms with Crippen LogP contribution in [-0.4, -0.2) is 34.9 Å². The fourth-order valence-electron chi connectivity index (χ4n) is 4.68. The Balaban J connectivity index is 1.44. The molecule has 0 radical (unpaired) electrons. The second kappa shape index (κ2) is 10.0. The van der Waals surface area contributed by atoms with Crippen LogP contribution >= 0.6 is 34.3 Å². The molecule has 1 fully saturated rings. The third-order valence-corrected chi connectivity index (χ3v) is 9.22. The number of hydrogen-bond donors (Lipinski definition) is 2. The van der Waals surface area contributed by atoms with Crippen LogP contribution in [0.4, 0.5) is 5.82 Å². The fraction of sp³-hybridized carbons (Fsp3) is 0.308. The van der Waals surface area contributed by atoms with E-state index in [1.807, 2.05) is 43.4 Å². The maximum Gasteiger partial charge on any atom is 0.266 e. The summed E-state index contributed by atoms with van der Waals surface area (Å²) in [5.74, 6) is 0.538. The highest BCUT2D eigenvalue weighted by Crippen LogP contribution is 2.38. The highest BCUT2D eigenvalue weighted by Gasteiger charge is 2.31. The zero-order valence-electron chi connectivity index (χ0n) is 19.0. The van der Waals surface area contributed by atoms with Crippen LogP contribution in [0.3, 0.4) is 0 Å². The summed E-state index contributed by atoms with van der Waals surface area (Å²) in [4.78, 5) is 22.0. The van der Waals surface area contributed by atoms with Crippen LogP contribution in [0.15, 0.2) is 54.0 Å². The summed E-state index contributed by atoms with van der Waals surface area (Å²) in [7, 11) is 2.02. The van der Waals surface area contributed by atoms with Gasteiger partial charge in [-0.05, 0) is 67.9 Å². The molecule has 1 aliphatic carbocycles. The summed E-state index contributed by atoms with van der Waals surface area (Å²) in [5.41, 5.74) is 7.86. The molecule has 176 valence electrons. The average Bonchev–Trinajstić information content (AvgIpc) is 3.47. The first-order valence-corrected chi connectivity index (χ1v) is 13.6. The third kappa shape index (κ3) is 4.70. The number of rotatable bonds is 6. The number of nitrogens with zero attached hydrogens (tertiary/aromatic N) is 2. The Morgan fingerprint density at radius 3 is 2.68 bits per heavy atom. The van der Waals surface area contributed by atoms with Crippen LogP contribution in [0.25, 0.3) is 21.2 Å². The van der Waals surface area contributed by atoms with Crippen molar-refractivity contribution in [1.82, 2.24) is 15.2 Å². The SMILES string of the molecule is CNC1CCC(N(Cc2cc(-c3ccc(N)nc3)cs2)C(=O)c2sc3ccccc3c2Cl)CC1. The van der Waals surface area contributed by atoms with E-state index in [9.17, 15) is 4.79 Å². The van der Waals surface area contributed by atoms with Crippen LogP contribution in [0, 0.1) is 0 Å². The number of aromatic nitrogens is 1. The van der Waals surface area contributed by atoms with E-state index in [-0.39, 0.29) is 11.9 Å². The van der Waals surface area contributed by atoms with Crippen molar-refractivity contribution >= 4 is 56.1 Å². The number of amides is 1. The normalized spacial score (nSPS) is 18.3. The zero-order chi connectivity index (χ0) is 23.7. The lowest BCUT2D eigenvalue weighted by atomic mass is 9.90. The second-order valence-electron chi connectivity index (χ2n) is 8.74. The van der Waals surface area contributed by atoms with Gasteiger partial charge in [0.1, 0.15) is 10.7 Å². The van der Waals surface area contributed by atoms with E-state index in [0.29, 0.717) is 28.3 Å². The number of benzene rings is 1. The van der Waals surface area contributed by atoms with Gasteiger partial charge in [0.15, 0.2) is 0 Å². The molecular weight excluding hydrogens is 484 g/mol. The predicted molar refractivity (Wildman–Crippen MR) is 144 cm³/mol. The first kappa shape index (κ1) is 23.3. The molecule has 0 unspecified atom stereocenters. The van der Waals surface area contributed by atoms with E-state index in [0.717, 1.165) is 51.8 Å². The van der Waals surface area contributed by atoms with Crippen LogP contribution in [0.2, 0.25) is 5.02 Å². The molecule has 0 saturated heterocycles. The minimum Gasteiger partial charge on any atom is -0.384 e. The molecule has 3 N–H and O–H groups in total. The van der Waals surface area contributed by atoms with Crippen molar-refractivity contribution in [3.63, 3.8) is 0 Å². The Bertz CT molecular complexity index is 1290. The third-order valence-electron chi connectivity index (χ3n) is 6.64. The standard InChI is InChI=1S/C26H27ClN4OS2/c1-29-18-7-9-19(10-8-18)31(26(32)25-24(27)21-4-2-3-5-22(21)34-25)14-20-12-17(15-33-20)16-6-11-23(28)30-13-16/h2-6,11-13,15,18-19,29H,7-10,14H2,1H3,(H2,28,30). The van der Waals surface area contributed by atoms with Gasteiger partial charge in [0.2, 0.25) is 0 Å². The molecular formula is C26H27ClN4OS2. The quantitative estimate of drug-likeness (QED) is 0.313. The molecule has 1 amide bonds. The molecule has 34 heavy (non-hydrogen) atoms. The summed E-state index contributed by atoms with van der Waals surface area (Å²) in [6.45, 7) is 0.575. The number of thiophene rings is 2. The largest absolute Gasteiger partial charge is 0.384 e. The van der Waals surface area contributed by atoms with Gasteiger partial charge in [0.25, 0.3) is 5.91 Å². The summed E-state index contributed by atoms with van der Waals surface area (Å²) in [5, 5.41) is 7.03. The molecule has 0 aliphatic heterocycles. The molecule has 5 nitrogen and oxygen atoms in total. The van der Waals surface area contributed by atoms with E-state index < -0.39 is 0 Å². The number of anilines is 1. The van der Waals surface area contributed by atoms with Crippen molar-refractivity contribution in [3.05, 3.63) is 68.8 Å². The van der Waals surface area contributed by atoms with Gasteiger partial charge in [0, 0.05) is 38.8 Å². The maximum atomic E-state index is 13.9. The van der Waals surface area contributed by atoms with Gasteiger partial charge in [-0.15, -0.1) is 22.7 Å². The molecule has 1 aromatic carbocycles. The van der Waals surface area contributed by atoms with E-state index in [2.05, 4.69) is 26.6 Å². The Labute approximate surface area is 212 Å². The van der Waals surface area contributed by atoms with Crippen molar-refractivity contribution < 1.29 is 4.79 Å². The lowest BCUT2D eigenvalue weighted by Gasteiger charge is -2.36. The van der Waals surface area contributed by atoms with Gasteiger partial charge in [-0.25, -0.2) is 4.98 Å². The number of pyridine rings is 1. The number of nitrogens with two attached hydrogens (primary N) is 1. The summed E-state index contributed by atoms with van der Waals surface area (Å²) in [6.07, 6.45) is 5.90. The van der Waals surface area contributed by atoms with Crippen LogP contribution in [0.5, 0.6) is 0 Å². The number of nitrogens with one attached hydrogen (secondary N) is 1. The molecule has 1 aliphatic rings. The van der Waals surface area contributed by atoms with Crippen LogP contribution in [-0.2, 0) is 6.54 Å². The number of nitrogen functional groups attached to an aromatic ring is 1. The first-order chi connectivity index (χ1) is 16.5. The number of carbonyl (C=O) groups excluding carboxylic acids is 1. The lowest BCUT2D eigenvalue weighted by molar-refractivity contribution is 0.0609. The molecule has 5 rings (SSSR count). The van der Waals surface area contributed by atoms with Gasteiger partial charge in [-0.2, -0.15) is 0 Å². The minimum absolute atomic E-state index is 0.0307. The average molecular weight is 511 g/mol. The monoisotopic (exact) mass is 510 g/mol.